The van der Waals surface area contributed by atoms with Gasteiger partial charge in [0.15, 0.2) is 0 Å². The third kappa shape index (κ3) is 1.79. The van der Waals surface area contributed by atoms with E-state index in [1.165, 1.54) is 14.2 Å². The smallest absolute Gasteiger partial charge is 0.335 e. The van der Waals surface area contributed by atoms with Crippen LogP contribution in [-0.4, -0.2) is 26.2 Å². The van der Waals surface area contributed by atoms with Gasteiger partial charge in [-0.2, -0.15) is 0 Å². The van der Waals surface area contributed by atoms with E-state index in [-0.39, 0.29) is 5.41 Å². The number of ether oxygens (including phenoxy) is 2. The fraction of sp³-hybridized carbons (Fsp3) is 0.273. The quantitative estimate of drug-likeness (QED) is 0.782. The lowest BCUT2D eigenvalue weighted by Crippen LogP contribution is -2.36. The molecule has 0 saturated carbocycles. The number of methoxy groups -OCH3 is 2. The van der Waals surface area contributed by atoms with E-state index in [1.807, 2.05) is 36.4 Å². The Labute approximate surface area is 152 Å². The minimum Gasteiger partial charge on any atom is -0.466 e. The first kappa shape index (κ1) is 16.6. The van der Waals surface area contributed by atoms with Crippen molar-refractivity contribution in [1.29, 1.82) is 0 Å². The van der Waals surface area contributed by atoms with Crippen LogP contribution in [0, 0.1) is 0 Å². The van der Waals surface area contributed by atoms with Gasteiger partial charge in [0, 0.05) is 5.41 Å². The van der Waals surface area contributed by atoms with Gasteiger partial charge in [0.05, 0.1) is 30.8 Å². The molecule has 4 heteroatoms. The molecule has 2 aliphatic carbocycles. The number of hydrogen-bond acceptors (Lipinski definition) is 4. The molecule has 0 fully saturated rings. The van der Waals surface area contributed by atoms with E-state index in [1.54, 1.807) is 0 Å². The summed E-state index contributed by atoms with van der Waals surface area (Å²) in [6.45, 7) is 4.32. The van der Waals surface area contributed by atoms with E-state index in [2.05, 4.69) is 26.0 Å². The summed E-state index contributed by atoms with van der Waals surface area (Å²) in [6.07, 6.45) is 0. The van der Waals surface area contributed by atoms with Gasteiger partial charge in [-0.25, -0.2) is 9.59 Å². The van der Waals surface area contributed by atoms with Gasteiger partial charge in [0.1, 0.15) is 0 Å². The molecule has 2 aromatic carbocycles. The number of esters is 2. The maximum atomic E-state index is 12.6. The van der Waals surface area contributed by atoms with Crippen molar-refractivity contribution in [3.63, 3.8) is 0 Å². The molecule has 0 aliphatic heterocycles. The number of hydrogen-bond donors (Lipinski definition) is 0. The fourth-order valence-corrected chi connectivity index (χ4v) is 4.53. The monoisotopic (exact) mass is 348 g/mol. The van der Waals surface area contributed by atoms with Crippen molar-refractivity contribution in [2.24, 2.45) is 0 Å². The molecule has 0 heterocycles. The van der Waals surface area contributed by atoms with Crippen LogP contribution in [0.3, 0.4) is 0 Å². The molecule has 0 aromatic heterocycles. The van der Waals surface area contributed by atoms with Crippen molar-refractivity contribution in [3.05, 3.63) is 81.9 Å². The Kier molecular flexibility index (Phi) is 3.38. The summed E-state index contributed by atoms with van der Waals surface area (Å²) in [5.74, 6) is -0.982. The Morgan fingerprint density at radius 1 is 0.692 bits per heavy atom. The number of benzene rings is 2. The first-order valence-corrected chi connectivity index (χ1v) is 8.54. The first-order valence-electron chi connectivity index (χ1n) is 8.54. The Morgan fingerprint density at radius 2 is 1.04 bits per heavy atom. The van der Waals surface area contributed by atoms with Crippen molar-refractivity contribution < 1.29 is 19.1 Å². The highest BCUT2D eigenvalue weighted by Gasteiger charge is 2.67. The third-order valence-corrected chi connectivity index (χ3v) is 5.73. The number of carbonyl (C=O) groups excluding carboxylic acids is 2. The second-order valence-corrected chi connectivity index (χ2v) is 7.20. The van der Waals surface area contributed by atoms with Crippen molar-refractivity contribution in [3.8, 4) is 0 Å². The average molecular weight is 348 g/mol. The Morgan fingerprint density at radius 3 is 1.38 bits per heavy atom. The van der Waals surface area contributed by atoms with Crippen LogP contribution in [0.25, 0.3) is 0 Å². The second kappa shape index (κ2) is 5.31. The molecule has 132 valence electrons. The summed E-state index contributed by atoms with van der Waals surface area (Å²) >= 11 is 0. The standard InChI is InChI=1S/C22H20O4/c1-21(2)13-9-5-7-11-15(13)22(16-12-8-6-10-14(16)21)17(19(23)25-3)18(22)20(24)26-4/h5-12H,1-4H3. The van der Waals surface area contributed by atoms with Gasteiger partial charge >= 0.3 is 11.9 Å². The highest BCUT2D eigenvalue weighted by atomic mass is 16.5. The Balaban J connectivity index is 2.08. The molecule has 0 radical (unpaired) electrons. The summed E-state index contributed by atoms with van der Waals surface area (Å²) in [5, 5.41) is 0. The van der Waals surface area contributed by atoms with Crippen LogP contribution in [0.5, 0.6) is 0 Å². The van der Waals surface area contributed by atoms with Crippen molar-refractivity contribution in [2.45, 2.75) is 24.7 Å². The number of carbonyl (C=O) groups is 2. The second-order valence-electron chi connectivity index (χ2n) is 7.20. The summed E-state index contributed by atoms with van der Waals surface area (Å²) in [7, 11) is 2.67. The lowest BCUT2D eigenvalue weighted by Gasteiger charge is -2.41. The largest absolute Gasteiger partial charge is 0.466 e. The maximum Gasteiger partial charge on any atom is 0.335 e. The van der Waals surface area contributed by atoms with Gasteiger partial charge in [-0.3, -0.25) is 0 Å². The highest BCUT2D eigenvalue weighted by molar-refractivity contribution is 6.17. The first-order chi connectivity index (χ1) is 12.4. The average Bonchev–Trinajstić information content (AvgIpc) is 3.36. The topological polar surface area (TPSA) is 52.6 Å². The molecule has 0 bridgehead atoms. The number of rotatable bonds is 2. The molecule has 2 aromatic rings. The van der Waals surface area contributed by atoms with E-state index < -0.39 is 17.4 Å². The predicted molar refractivity (Wildman–Crippen MR) is 96.9 cm³/mol. The van der Waals surface area contributed by atoms with Crippen molar-refractivity contribution in [1.82, 2.24) is 0 Å². The van der Waals surface area contributed by atoms with Crippen LogP contribution < -0.4 is 0 Å². The number of fused-ring (bicyclic) bond motifs is 4. The van der Waals surface area contributed by atoms with Crippen LogP contribution >= 0.6 is 0 Å². The van der Waals surface area contributed by atoms with Crippen LogP contribution in [0.4, 0.5) is 0 Å². The lowest BCUT2D eigenvalue weighted by atomic mass is 9.61. The van der Waals surface area contributed by atoms with Gasteiger partial charge in [0.25, 0.3) is 0 Å². The molecule has 2 aliphatic rings. The third-order valence-electron chi connectivity index (χ3n) is 5.73. The minimum atomic E-state index is -0.886. The zero-order chi connectivity index (χ0) is 18.7. The molecule has 0 saturated heterocycles. The molecule has 4 nitrogen and oxygen atoms in total. The summed E-state index contributed by atoms with van der Waals surface area (Å²) < 4.78 is 10.0. The zero-order valence-corrected chi connectivity index (χ0v) is 15.3. The van der Waals surface area contributed by atoms with Gasteiger partial charge in [0.2, 0.25) is 0 Å². The van der Waals surface area contributed by atoms with Crippen LogP contribution in [0.1, 0.15) is 36.1 Å². The fourth-order valence-electron chi connectivity index (χ4n) is 4.53. The summed E-state index contributed by atoms with van der Waals surface area (Å²) in [4.78, 5) is 25.1. The van der Waals surface area contributed by atoms with Crippen LogP contribution in [0.15, 0.2) is 59.7 Å². The molecular formula is C22H20O4. The van der Waals surface area contributed by atoms with Crippen molar-refractivity contribution in [2.75, 3.05) is 14.2 Å². The SMILES string of the molecule is COC(=O)C1=C(C(=O)OC)C12c1ccccc1C(C)(C)c1ccccc12. The minimum absolute atomic E-state index is 0.247. The predicted octanol–water partition coefficient (Wildman–Crippen LogP) is 3.27. The highest BCUT2D eigenvalue weighted by Crippen LogP contribution is 2.65. The summed E-state index contributed by atoms with van der Waals surface area (Å²) in [6, 6.07) is 16.0. The van der Waals surface area contributed by atoms with Gasteiger partial charge in [-0.05, 0) is 22.3 Å². The summed E-state index contributed by atoms with van der Waals surface area (Å²) in [5.41, 5.74) is 3.71. The Hall–Kier alpha value is -2.88. The molecule has 26 heavy (non-hydrogen) atoms. The van der Waals surface area contributed by atoms with E-state index in [0.717, 1.165) is 22.3 Å². The normalized spacial score (nSPS) is 18.0. The zero-order valence-electron chi connectivity index (χ0n) is 15.3. The van der Waals surface area contributed by atoms with E-state index in [4.69, 9.17) is 9.47 Å². The molecule has 0 amide bonds. The van der Waals surface area contributed by atoms with E-state index >= 15 is 0 Å². The van der Waals surface area contributed by atoms with Gasteiger partial charge < -0.3 is 9.47 Å². The van der Waals surface area contributed by atoms with Crippen molar-refractivity contribution >= 4 is 11.9 Å². The van der Waals surface area contributed by atoms with Gasteiger partial charge in [-0.1, -0.05) is 62.4 Å². The van der Waals surface area contributed by atoms with E-state index in [9.17, 15) is 9.59 Å². The Bertz CT molecular complexity index is 904. The van der Waals surface area contributed by atoms with Crippen LogP contribution in [0.2, 0.25) is 0 Å². The molecule has 1 spiro atoms. The molecule has 4 rings (SSSR count). The van der Waals surface area contributed by atoms with Gasteiger partial charge in [-0.15, -0.1) is 0 Å². The van der Waals surface area contributed by atoms with E-state index in [0.29, 0.717) is 11.1 Å². The maximum absolute atomic E-state index is 12.6. The lowest BCUT2D eigenvalue weighted by molar-refractivity contribution is -0.137. The van der Waals surface area contributed by atoms with Crippen LogP contribution in [-0.2, 0) is 29.9 Å². The molecule has 0 N–H and O–H groups in total. The molecular weight excluding hydrogens is 328 g/mol. The molecule has 0 atom stereocenters. The molecule has 0 unspecified atom stereocenters.